The Hall–Kier alpha value is -4.72. The maximum absolute atomic E-state index is 14.6. The van der Waals surface area contributed by atoms with Crippen LogP contribution in [0, 0.1) is 23.2 Å². The van der Waals surface area contributed by atoms with Crippen LogP contribution in [0.1, 0.15) is 103 Å². The highest BCUT2D eigenvalue weighted by atomic mass is 16.3. The van der Waals surface area contributed by atoms with E-state index in [4.69, 9.17) is 0 Å². The highest BCUT2D eigenvalue weighted by Gasteiger charge is 2.58. The summed E-state index contributed by atoms with van der Waals surface area (Å²) in [5, 5.41) is 22.4. The third-order valence-corrected chi connectivity index (χ3v) is 10.5. The number of aromatic nitrogens is 2. The molecule has 0 radical (unpaired) electrons. The number of benzene rings is 1. The molecule has 0 spiro atoms. The summed E-state index contributed by atoms with van der Waals surface area (Å²) in [7, 11) is 0. The number of amides is 5. The van der Waals surface area contributed by atoms with E-state index < -0.39 is 88.4 Å². The third-order valence-electron chi connectivity index (χ3n) is 10.5. The average Bonchev–Trinajstić information content (AvgIpc) is 3.65. The lowest BCUT2D eigenvalue weighted by Gasteiger charge is -2.37. The molecule has 5 N–H and O–H groups in total. The smallest absolute Gasteiger partial charge is 0.290 e. The van der Waals surface area contributed by atoms with Crippen LogP contribution in [0.2, 0.25) is 0 Å². The Bertz CT molecular complexity index is 1640. The topological polar surface area (TPSA) is 200 Å². The monoisotopic (exact) mass is 733 g/mol. The van der Waals surface area contributed by atoms with E-state index in [9.17, 15) is 33.9 Å². The number of nitrogens with one attached hydrogen (secondary N) is 4. The lowest BCUT2D eigenvalue weighted by molar-refractivity contribution is -0.146. The zero-order valence-corrected chi connectivity index (χ0v) is 32.0. The van der Waals surface area contributed by atoms with Crippen LogP contribution in [0.3, 0.4) is 0 Å². The van der Waals surface area contributed by atoms with Crippen LogP contribution >= 0.6 is 0 Å². The summed E-state index contributed by atoms with van der Waals surface area (Å²) < 4.78 is 0. The molecule has 1 aromatic carbocycles. The number of fused-ring (bicyclic) bond motifs is 1. The molecule has 288 valence electrons. The van der Waals surface area contributed by atoms with E-state index in [1.54, 1.807) is 48.5 Å². The Balaban J connectivity index is 1.57. The van der Waals surface area contributed by atoms with Crippen LogP contribution in [-0.2, 0) is 24.0 Å². The van der Waals surface area contributed by atoms with E-state index in [1.807, 2.05) is 37.3 Å². The minimum atomic E-state index is -1.15. The zero-order valence-electron chi connectivity index (χ0n) is 32.0. The second-order valence-electron chi connectivity index (χ2n) is 16.0. The van der Waals surface area contributed by atoms with E-state index in [0.717, 1.165) is 5.56 Å². The predicted molar refractivity (Wildman–Crippen MR) is 197 cm³/mol. The van der Waals surface area contributed by atoms with Gasteiger partial charge in [-0.2, -0.15) is 0 Å². The molecule has 14 heteroatoms. The lowest BCUT2D eigenvalue weighted by Crippen LogP contribution is -2.62. The number of rotatable bonds is 14. The SMILES string of the molecule is CCCC(NC(=O)[C@@H]1[C@H]2CC[C@@](C)(O)[C@H]2CN1C(=O)[C@@H](NC(=O)[C@@H](NC(=O)c1cnccn1)C(C)C)C(C)(C)C)C(=O)C(=O)N[C@@H](C)c1ccccc1. The van der Waals surface area contributed by atoms with Gasteiger partial charge in [-0.25, -0.2) is 4.98 Å². The summed E-state index contributed by atoms with van der Waals surface area (Å²) in [6.45, 7) is 14.2. The van der Waals surface area contributed by atoms with Crippen LogP contribution in [0.4, 0.5) is 0 Å². The summed E-state index contributed by atoms with van der Waals surface area (Å²) in [4.78, 5) is 91.7. The molecule has 2 aliphatic rings. The van der Waals surface area contributed by atoms with Gasteiger partial charge in [-0.3, -0.25) is 33.8 Å². The van der Waals surface area contributed by atoms with Gasteiger partial charge < -0.3 is 31.3 Å². The van der Waals surface area contributed by atoms with Gasteiger partial charge in [0, 0.05) is 24.9 Å². The molecule has 1 aliphatic carbocycles. The van der Waals surface area contributed by atoms with Crippen LogP contribution < -0.4 is 21.3 Å². The zero-order chi connectivity index (χ0) is 39.2. The molecule has 2 fully saturated rings. The number of ketones is 1. The minimum absolute atomic E-state index is 0.0296. The summed E-state index contributed by atoms with van der Waals surface area (Å²) >= 11 is 0. The van der Waals surface area contributed by atoms with Crippen molar-refractivity contribution in [1.82, 2.24) is 36.1 Å². The number of aliphatic hydroxyl groups is 1. The number of nitrogens with zero attached hydrogens (tertiary/aromatic N) is 3. The van der Waals surface area contributed by atoms with Gasteiger partial charge in [0.15, 0.2) is 0 Å². The number of hydrogen-bond donors (Lipinski definition) is 5. The molecule has 1 saturated carbocycles. The number of carbonyl (C=O) groups is 6. The standard InChI is InChI=1S/C39H55N7O7/c1-9-13-27(31(47)36(51)42-23(4)24-14-11-10-12-15-24)43-35(50)30-25-16-17-39(8,53)26(25)21-46(30)37(52)32(38(5,6)7)45-34(49)29(22(2)3)44-33(48)28-20-40-18-19-41-28/h10-12,14-15,18-20,22-23,25-27,29-30,32,53H,9,13,16-17,21H2,1-8H3,(H,42,51)(H,43,50)(H,44,48)(H,45,49)/t23-,25-,26-,27?,29-,30-,32+,39+/m0/s1. The van der Waals surface area contributed by atoms with Gasteiger partial charge >= 0.3 is 0 Å². The highest BCUT2D eigenvalue weighted by molar-refractivity contribution is 6.38. The van der Waals surface area contributed by atoms with Crippen molar-refractivity contribution in [3.05, 3.63) is 60.2 Å². The van der Waals surface area contributed by atoms with Gasteiger partial charge in [0.25, 0.3) is 11.8 Å². The number of Topliss-reactive ketones (excluding diaryl/α,β-unsaturated/α-hetero) is 1. The molecule has 0 bridgehead atoms. The predicted octanol–water partition coefficient (Wildman–Crippen LogP) is 2.48. The van der Waals surface area contributed by atoms with Crippen molar-refractivity contribution in [3.63, 3.8) is 0 Å². The number of carbonyl (C=O) groups excluding carboxylic acids is 6. The highest BCUT2D eigenvalue weighted by Crippen LogP contribution is 2.48. The Kier molecular flexibility index (Phi) is 13.1. The van der Waals surface area contributed by atoms with Gasteiger partial charge in [-0.1, -0.05) is 78.3 Å². The molecule has 14 nitrogen and oxygen atoms in total. The average molecular weight is 734 g/mol. The third kappa shape index (κ3) is 9.64. The summed E-state index contributed by atoms with van der Waals surface area (Å²) in [6, 6.07) is 4.37. The van der Waals surface area contributed by atoms with Crippen LogP contribution in [0.15, 0.2) is 48.9 Å². The molecule has 4 rings (SSSR count). The number of likely N-dealkylation sites (tertiary alicyclic amines) is 1. The molecular formula is C39H55N7O7. The second-order valence-corrected chi connectivity index (χ2v) is 16.0. The van der Waals surface area contributed by atoms with Gasteiger partial charge in [0.2, 0.25) is 23.5 Å². The van der Waals surface area contributed by atoms with Crippen molar-refractivity contribution >= 4 is 35.3 Å². The molecule has 5 amide bonds. The first kappa shape index (κ1) is 41.0. The van der Waals surface area contributed by atoms with Crippen molar-refractivity contribution in [2.75, 3.05) is 6.54 Å². The normalized spacial score (nSPS) is 23.3. The fourth-order valence-electron chi connectivity index (χ4n) is 7.41. The summed E-state index contributed by atoms with van der Waals surface area (Å²) in [5.41, 5.74) is -1.16. The molecule has 1 aliphatic heterocycles. The molecule has 1 saturated heterocycles. The van der Waals surface area contributed by atoms with Crippen molar-refractivity contribution < 1.29 is 33.9 Å². The first-order valence-corrected chi connectivity index (χ1v) is 18.5. The second kappa shape index (κ2) is 17.0. The summed E-state index contributed by atoms with van der Waals surface area (Å²) in [6.07, 6.45) is 5.64. The Labute approximate surface area is 311 Å². The Morgan fingerprint density at radius 3 is 2.25 bits per heavy atom. The largest absolute Gasteiger partial charge is 0.390 e. The Morgan fingerprint density at radius 1 is 0.981 bits per heavy atom. The van der Waals surface area contributed by atoms with Crippen LogP contribution in [0.25, 0.3) is 0 Å². The van der Waals surface area contributed by atoms with E-state index in [0.29, 0.717) is 19.3 Å². The first-order chi connectivity index (χ1) is 24.9. The van der Waals surface area contributed by atoms with Crippen molar-refractivity contribution in [3.8, 4) is 0 Å². The molecule has 1 aromatic heterocycles. The van der Waals surface area contributed by atoms with E-state index in [1.165, 1.54) is 23.5 Å². The van der Waals surface area contributed by atoms with Gasteiger partial charge in [-0.15, -0.1) is 0 Å². The van der Waals surface area contributed by atoms with E-state index >= 15 is 0 Å². The molecular weight excluding hydrogens is 678 g/mol. The summed E-state index contributed by atoms with van der Waals surface area (Å²) in [5.74, 6) is -5.20. The molecule has 53 heavy (non-hydrogen) atoms. The quantitative estimate of drug-likeness (QED) is 0.181. The van der Waals surface area contributed by atoms with Crippen LogP contribution in [0.5, 0.6) is 0 Å². The van der Waals surface area contributed by atoms with Gasteiger partial charge in [0.1, 0.15) is 23.8 Å². The fourth-order valence-corrected chi connectivity index (χ4v) is 7.41. The first-order valence-electron chi connectivity index (χ1n) is 18.5. The van der Waals surface area contributed by atoms with Crippen LogP contribution in [-0.4, -0.2) is 91.6 Å². The maximum atomic E-state index is 14.6. The van der Waals surface area contributed by atoms with Crippen molar-refractivity contribution in [1.29, 1.82) is 0 Å². The fraction of sp³-hybridized carbons (Fsp3) is 0.590. The Morgan fingerprint density at radius 2 is 1.66 bits per heavy atom. The molecule has 1 unspecified atom stereocenters. The van der Waals surface area contributed by atoms with Crippen molar-refractivity contribution in [2.45, 2.75) is 117 Å². The molecule has 2 heterocycles. The van der Waals surface area contributed by atoms with Gasteiger partial charge in [-0.05, 0) is 55.9 Å². The van der Waals surface area contributed by atoms with Gasteiger partial charge in [0.05, 0.1) is 23.9 Å². The molecule has 8 atom stereocenters. The lowest BCUT2D eigenvalue weighted by atomic mass is 9.84. The van der Waals surface area contributed by atoms with E-state index in [2.05, 4.69) is 31.2 Å². The van der Waals surface area contributed by atoms with Crippen molar-refractivity contribution in [2.24, 2.45) is 23.2 Å². The number of hydrogen-bond acceptors (Lipinski definition) is 9. The maximum Gasteiger partial charge on any atom is 0.290 e. The minimum Gasteiger partial charge on any atom is -0.390 e. The molecule has 2 aromatic rings. The van der Waals surface area contributed by atoms with E-state index in [-0.39, 0.29) is 24.6 Å².